The zero-order valence-electron chi connectivity index (χ0n) is 11.8. The summed E-state index contributed by atoms with van der Waals surface area (Å²) in [5.41, 5.74) is 0.707. The summed E-state index contributed by atoms with van der Waals surface area (Å²) in [7, 11) is 1.62. The van der Waals surface area contributed by atoms with E-state index in [0.717, 1.165) is 6.42 Å². The molecule has 0 radical (unpaired) electrons. The molecule has 0 fully saturated rings. The Balaban J connectivity index is 2.82. The van der Waals surface area contributed by atoms with Gasteiger partial charge in [-0.05, 0) is 24.5 Å². The van der Waals surface area contributed by atoms with Crippen LogP contribution in [0.15, 0.2) is 12.1 Å². The zero-order valence-corrected chi connectivity index (χ0v) is 14.0. The fraction of sp³-hybridized carbons (Fsp3) is 0.500. The summed E-state index contributed by atoms with van der Waals surface area (Å²) >= 11 is 18.2. The second-order valence-corrected chi connectivity index (χ2v) is 6.19. The summed E-state index contributed by atoms with van der Waals surface area (Å²) in [6, 6.07) is 3.07. The molecule has 2 N–H and O–H groups in total. The second-order valence-electron chi connectivity index (χ2n) is 5.00. The standard InChI is InChI=1S/C14H19Cl3N2O/c1-8(2)6-12(14(20)18-3)19-7-9-10(15)4-5-11(16)13(9)17/h4-5,8,12,19H,6-7H2,1-3H3,(H,18,20). The molecule has 112 valence electrons. The molecular weight excluding hydrogens is 319 g/mol. The van der Waals surface area contributed by atoms with Gasteiger partial charge < -0.3 is 10.6 Å². The van der Waals surface area contributed by atoms with Crippen LogP contribution < -0.4 is 10.6 Å². The van der Waals surface area contributed by atoms with Crippen molar-refractivity contribution < 1.29 is 4.79 Å². The quantitative estimate of drug-likeness (QED) is 0.773. The van der Waals surface area contributed by atoms with Crippen molar-refractivity contribution in [3.05, 3.63) is 32.8 Å². The van der Waals surface area contributed by atoms with E-state index in [0.29, 0.717) is 33.1 Å². The zero-order chi connectivity index (χ0) is 15.3. The van der Waals surface area contributed by atoms with Crippen LogP contribution in [-0.4, -0.2) is 19.0 Å². The molecule has 1 amide bonds. The van der Waals surface area contributed by atoms with E-state index >= 15 is 0 Å². The first-order chi connectivity index (χ1) is 9.36. The van der Waals surface area contributed by atoms with Crippen LogP contribution in [0.5, 0.6) is 0 Å². The lowest BCUT2D eigenvalue weighted by Crippen LogP contribution is -2.43. The molecule has 0 bridgehead atoms. The van der Waals surface area contributed by atoms with E-state index in [4.69, 9.17) is 34.8 Å². The summed E-state index contributed by atoms with van der Waals surface area (Å²) < 4.78 is 0. The van der Waals surface area contributed by atoms with Crippen LogP contribution in [-0.2, 0) is 11.3 Å². The van der Waals surface area contributed by atoms with Crippen LogP contribution >= 0.6 is 34.8 Å². The van der Waals surface area contributed by atoms with Crippen LogP contribution in [0.25, 0.3) is 0 Å². The van der Waals surface area contributed by atoms with Gasteiger partial charge in [-0.3, -0.25) is 4.79 Å². The third-order valence-corrected chi connectivity index (χ3v) is 4.13. The molecule has 0 aliphatic heterocycles. The molecule has 1 rings (SSSR count). The molecule has 20 heavy (non-hydrogen) atoms. The molecule has 0 spiro atoms. The SMILES string of the molecule is CNC(=O)C(CC(C)C)NCc1c(Cl)ccc(Cl)c1Cl. The van der Waals surface area contributed by atoms with Crippen molar-refractivity contribution in [2.75, 3.05) is 7.05 Å². The van der Waals surface area contributed by atoms with Crippen molar-refractivity contribution >= 4 is 40.7 Å². The Morgan fingerprint density at radius 1 is 1.20 bits per heavy atom. The van der Waals surface area contributed by atoms with Gasteiger partial charge in [0.25, 0.3) is 0 Å². The van der Waals surface area contributed by atoms with E-state index < -0.39 is 0 Å². The normalized spacial score (nSPS) is 12.6. The first kappa shape index (κ1) is 17.6. The van der Waals surface area contributed by atoms with Crippen molar-refractivity contribution in [3.8, 4) is 0 Å². The average molecular weight is 338 g/mol. The van der Waals surface area contributed by atoms with Crippen molar-refractivity contribution in [2.24, 2.45) is 5.92 Å². The van der Waals surface area contributed by atoms with Gasteiger partial charge in [0.2, 0.25) is 5.91 Å². The predicted octanol–water partition coefficient (Wildman–Crippen LogP) is 3.90. The fourth-order valence-electron chi connectivity index (χ4n) is 1.89. The highest BCUT2D eigenvalue weighted by atomic mass is 35.5. The lowest BCUT2D eigenvalue weighted by atomic mass is 10.0. The van der Waals surface area contributed by atoms with Crippen molar-refractivity contribution in [3.63, 3.8) is 0 Å². The highest BCUT2D eigenvalue weighted by Crippen LogP contribution is 2.31. The number of nitrogens with one attached hydrogen (secondary N) is 2. The van der Waals surface area contributed by atoms with Gasteiger partial charge in [0.15, 0.2) is 0 Å². The van der Waals surface area contributed by atoms with Crippen LogP contribution in [0.4, 0.5) is 0 Å². The summed E-state index contributed by atoms with van der Waals surface area (Å²) in [6.07, 6.45) is 0.732. The van der Waals surface area contributed by atoms with E-state index in [1.165, 1.54) is 0 Å². The van der Waals surface area contributed by atoms with Gasteiger partial charge in [0.05, 0.1) is 16.1 Å². The van der Waals surface area contributed by atoms with Crippen molar-refractivity contribution in [1.82, 2.24) is 10.6 Å². The number of halogens is 3. The maximum absolute atomic E-state index is 11.8. The molecule has 1 unspecified atom stereocenters. The highest BCUT2D eigenvalue weighted by molar-refractivity contribution is 6.44. The molecule has 0 saturated heterocycles. The molecule has 0 heterocycles. The van der Waals surface area contributed by atoms with Crippen molar-refractivity contribution in [1.29, 1.82) is 0 Å². The van der Waals surface area contributed by atoms with E-state index in [-0.39, 0.29) is 11.9 Å². The first-order valence-corrected chi connectivity index (χ1v) is 7.57. The number of likely N-dealkylation sites (N-methyl/N-ethyl adjacent to an activating group) is 1. The summed E-state index contributed by atoms with van der Waals surface area (Å²) in [5, 5.41) is 7.25. The topological polar surface area (TPSA) is 41.1 Å². The third-order valence-electron chi connectivity index (χ3n) is 2.93. The second kappa shape index (κ2) is 8.08. The number of benzene rings is 1. The number of carbonyl (C=O) groups is 1. The molecule has 6 heteroatoms. The first-order valence-electron chi connectivity index (χ1n) is 6.44. The molecule has 0 aromatic heterocycles. The number of hydrogen-bond acceptors (Lipinski definition) is 2. The lowest BCUT2D eigenvalue weighted by molar-refractivity contribution is -0.123. The predicted molar refractivity (Wildman–Crippen MR) is 85.6 cm³/mol. The summed E-state index contributed by atoms with van der Waals surface area (Å²) in [4.78, 5) is 11.8. The van der Waals surface area contributed by atoms with E-state index in [9.17, 15) is 4.79 Å². The molecule has 0 aliphatic carbocycles. The highest BCUT2D eigenvalue weighted by Gasteiger charge is 2.19. The maximum Gasteiger partial charge on any atom is 0.236 e. The maximum atomic E-state index is 11.8. The number of amides is 1. The number of rotatable bonds is 6. The molecule has 1 aromatic rings. The largest absolute Gasteiger partial charge is 0.358 e. The van der Waals surface area contributed by atoms with Crippen LogP contribution in [0, 0.1) is 5.92 Å². The monoisotopic (exact) mass is 336 g/mol. The van der Waals surface area contributed by atoms with Crippen LogP contribution in [0.2, 0.25) is 15.1 Å². The molecule has 3 nitrogen and oxygen atoms in total. The average Bonchev–Trinajstić information content (AvgIpc) is 2.40. The Labute approximate surface area is 135 Å². The molecule has 1 atom stereocenters. The number of hydrogen-bond donors (Lipinski definition) is 2. The minimum absolute atomic E-state index is 0.0482. The van der Waals surface area contributed by atoms with Crippen LogP contribution in [0.3, 0.4) is 0 Å². The van der Waals surface area contributed by atoms with E-state index in [1.54, 1.807) is 19.2 Å². The molecule has 0 saturated carbocycles. The molecule has 1 aromatic carbocycles. The summed E-state index contributed by atoms with van der Waals surface area (Å²) in [5.74, 6) is 0.350. The Hall–Kier alpha value is -0.480. The van der Waals surface area contributed by atoms with Gasteiger partial charge in [-0.25, -0.2) is 0 Å². The smallest absolute Gasteiger partial charge is 0.236 e. The molecule has 0 aliphatic rings. The molecular formula is C14H19Cl3N2O. The van der Waals surface area contributed by atoms with Gasteiger partial charge in [0.1, 0.15) is 0 Å². The Morgan fingerprint density at radius 2 is 1.80 bits per heavy atom. The van der Waals surface area contributed by atoms with Gasteiger partial charge >= 0.3 is 0 Å². The Bertz CT molecular complexity index is 478. The van der Waals surface area contributed by atoms with E-state index in [1.807, 2.05) is 0 Å². The van der Waals surface area contributed by atoms with Gasteiger partial charge in [0, 0.05) is 24.2 Å². The minimum Gasteiger partial charge on any atom is -0.358 e. The fourth-order valence-corrected chi connectivity index (χ4v) is 2.57. The minimum atomic E-state index is -0.286. The van der Waals surface area contributed by atoms with Gasteiger partial charge in [-0.2, -0.15) is 0 Å². The Morgan fingerprint density at radius 3 is 2.35 bits per heavy atom. The van der Waals surface area contributed by atoms with Crippen molar-refractivity contribution in [2.45, 2.75) is 32.9 Å². The van der Waals surface area contributed by atoms with Gasteiger partial charge in [-0.1, -0.05) is 48.7 Å². The lowest BCUT2D eigenvalue weighted by Gasteiger charge is -2.20. The Kier molecular flexibility index (Phi) is 7.10. The summed E-state index contributed by atoms with van der Waals surface area (Å²) in [6.45, 7) is 4.52. The van der Waals surface area contributed by atoms with Gasteiger partial charge in [-0.15, -0.1) is 0 Å². The number of carbonyl (C=O) groups excluding carboxylic acids is 1. The van der Waals surface area contributed by atoms with E-state index in [2.05, 4.69) is 24.5 Å². The van der Waals surface area contributed by atoms with Crippen LogP contribution in [0.1, 0.15) is 25.8 Å². The third kappa shape index (κ3) is 4.81.